The molecule has 2 aromatic rings. The second kappa shape index (κ2) is 8.65. The van der Waals surface area contributed by atoms with Crippen molar-refractivity contribution in [3.05, 3.63) is 46.6 Å². The number of imide groups is 1. The highest BCUT2D eigenvalue weighted by Gasteiger charge is 2.13. The van der Waals surface area contributed by atoms with Gasteiger partial charge in [0.25, 0.3) is 0 Å². The maximum atomic E-state index is 11.7. The van der Waals surface area contributed by atoms with Gasteiger partial charge in [0, 0.05) is 10.0 Å². The summed E-state index contributed by atoms with van der Waals surface area (Å²) in [6.07, 6.45) is -0.730. The standard InChI is InChI=1S/C17H19BrN2O4/c1-3-23-17(22)19-16(21)11-20(2)10-14-8-9-15(24-14)12-4-6-13(18)7-5-12/h4-9H,3,10-11H2,1-2H3,(H,19,21,22). The lowest BCUT2D eigenvalue weighted by atomic mass is 10.2. The van der Waals surface area contributed by atoms with E-state index in [0.717, 1.165) is 21.6 Å². The van der Waals surface area contributed by atoms with Crippen LogP contribution in [0.2, 0.25) is 0 Å². The fourth-order valence-electron chi connectivity index (χ4n) is 2.12. The lowest BCUT2D eigenvalue weighted by molar-refractivity contribution is -0.121. The highest BCUT2D eigenvalue weighted by Crippen LogP contribution is 2.24. The maximum Gasteiger partial charge on any atom is 0.413 e. The molecule has 1 aromatic carbocycles. The summed E-state index contributed by atoms with van der Waals surface area (Å²) in [7, 11) is 1.77. The molecule has 6 nitrogen and oxygen atoms in total. The van der Waals surface area contributed by atoms with Gasteiger partial charge >= 0.3 is 6.09 Å². The molecule has 1 aromatic heterocycles. The van der Waals surface area contributed by atoms with Crippen LogP contribution in [0.1, 0.15) is 12.7 Å². The van der Waals surface area contributed by atoms with E-state index in [2.05, 4.69) is 26.0 Å². The number of carbonyl (C=O) groups excluding carboxylic acids is 2. The summed E-state index contributed by atoms with van der Waals surface area (Å²) in [6.45, 7) is 2.41. The lowest BCUT2D eigenvalue weighted by Gasteiger charge is -2.14. The predicted octanol–water partition coefficient (Wildman–Crippen LogP) is 3.41. The molecule has 0 radical (unpaired) electrons. The highest BCUT2D eigenvalue weighted by molar-refractivity contribution is 9.10. The Morgan fingerprint density at radius 2 is 1.92 bits per heavy atom. The highest BCUT2D eigenvalue weighted by atomic mass is 79.9. The summed E-state index contributed by atoms with van der Waals surface area (Å²) in [5.41, 5.74) is 0.979. The number of likely N-dealkylation sites (N-methyl/N-ethyl adjacent to an activating group) is 1. The SMILES string of the molecule is CCOC(=O)NC(=O)CN(C)Cc1ccc(-c2ccc(Br)cc2)o1. The Morgan fingerprint density at radius 3 is 2.58 bits per heavy atom. The summed E-state index contributed by atoms with van der Waals surface area (Å²) in [5, 5.41) is 2.16. The zero-order valence-corrected chi connectivity index (χ0v) is 15.1. The van der Waals surface area contributed by atoms with Crippen LogP contribution < -0.4 is 5.32 Å². The smallest absolute Gasteiger partial charge is 0.413 e. The van der Waals surface area contributed by atoms with Gasteiger partial charge in [0.15, 0.2) is 0 Å². The molecule has 2 rings (SSSR count). The molecule has 0 saturated carbocycles. The first-order chi connectivity index (χ1) is 11.5. The van der Waals surface area contributed by atoms with Crippen LogP contribution in [0.25, 0.3) is 11.3 Å². The third-order valence-electron chi connectivity index (χ3n) is 3.15. The number of ether oxygens (including phenoxy) is 1. The van der Waals surface area contributed by atoms with E-state index < -0.39 is 12.0 Å². The average molecular weight is 395 g/mol. The third-order valence-corrected chi connectivity index (χ3v) is 3.68. The largest absolute Gasteiger partial charge is 0.460 e. The van der Waals surface area contributed by atoms with Gasteiger partial charge in [-0.3, -0.25) is 15.0 Å². The normalized spacial score (nSPS) is 10.7. The van der Waals surface area contributed by atoms with E-state index in [1.54, 1.807) is 18.9 Å². The third kappa shape index (κ3) is 5.50. The molecule has 1 heterocycles. The molecule has 0 bridgehead atoms. The number of amides is 2. The summed E-state index contributed by atoms with van der Waals surface area (Å²) in [6, 6.07) is 11.6. The number of halogens is 1. The number of rotatable bonds is 6. The number of nitrogens with one attached hydrogen (secondary N) is 1. The van der Waals surface area contributed by atoms with Crippen molar-refractivity contribution in [2.45, 2.75) is 13.5 Å². The fraction of sp³-hybridized carbons (Fsp3) is 0.294. The number of hydrogen-bond acceptors (Lipinski definition) is 5. The summed E-state index contributed by atoms with van der Waals surface area (Å²) in [4.78, 5) is 24.6. The Bertz CT molecular complexity index is 697. The Hall–Kier alpha value is -2.12. The van der Waals surface area contributed by atoms with Gasteiger partial charge in [-0.05, 0) is 38.2 Å². The number of hydrogen-bond donors (Lipinski definition) is 1. The number of carbonyl (C=O) groups is 2. The minimum absolute atomic E-state index is 0.0626. The van der Waals surface area contributed by atoms with Crippen LogP contribution in [0, 0.1) is 0 Å². The van der Waals surface area contributed by atoms with E-state index in [1.807, 2.05) is 36.4 Å². The first kappa shape index (κ1) is 18.2. The van der Waals surface area contributed by atoms with E-state index in [-0.39, 0.29) is 13.2 Å². The van der Waals surface area contributed by atoms with E-state index in [1.165, 1.54) is 0 Å². The van der Waals surface area contributed by atoms with Crippen molar-refractivity contribution in [1.29, 1.82) is 0 Å². The van der Waals surface area contributed by atoms with Gasteiger partial charge in [-0.15, -0.1) is 0 Å². The molecule has 128 valence electrons. The van der Waals surface area contributed by atoms with Crippen LogP contribution in [0.15, 0.2) is 45.3 Å². The minimum atomic E-state index is -0.730. The molecule has 0 aliphatic carbocycles. The summed E-state index contributed by atoms with van der Waals surface area (Å²) >= 11 is 3.40. The van der Waals surface area contributed by atoms with Gasteiger partial charge in [0.2, 0.25) is 5.91 Å². The molecular weight excluding hydrogens is 376 g/mol. The summed E-state index contributed by atoms with van der Waals surface area (Å²) < 4.78 is 11.5. The van der Waals surface area contributed by atoms with Gasteiger partial charge in [0.1, 0.15) is 11.5 Å². The van der Waals surface area contributed by atoms with Crippen LogP contribution in [0.5, 0.6) is 0 Å². The molecule has 0 unspecified atom stereocenters. The second-order valence-corrected chi connectivity index (χ2v) is 6.13. The monoisotopic (exact) mass is 394 g/mol. The number of furan rings is 1. The molecule has 0 saturated heterocycles. The van der Waals surface area contributed by atoms with Crippen molar-refractivity contribution < 1.29 is 18.7 Å². The van der Waals surface area contributed by atoms with Crippen molar-refractivity contribution >= 4 is 27.9 Å². The minimum Gasteiger partial charge on any atom is -0.460 e. The average Bonchev–Trinajstić information content (AvgIpc) is 2.96. The van der Waals surface area contributed by atoms with E-state index in [4.69, 9.17) is 4.42 Å². The molecule has 24 heavy (non-hydrogen) atoms. The van der Waals surface area contributed by atoms with Crippen LogP contribution in [0.4, 0.5) is 4.79 Å². The van der Waals surface area contributed by atoms with Crippen LogP contribution in [-0.4, -0.2) is 37.1 Å². The maximum absolute atomic E-state index is 11.7. The number of alkyl carbamates (subject to hydrolysis) is 1. The van der Waals surface area contributed by atoms with E-state index in [0.29, 0.717) is 6.54 Å². The van der Waals surface area contributed by atoms with Gasteiger partial charge < -0.3 is 9.15 Å². The second-order valence-electron chi connectivity index (χ2n) is 5.21. The molecule has 0 aliphatic heterocycles. The van der Waals surface area contributed by atoms with Crippen LogP contribution in [0.3, 0.4) is 0 Å². The van der Waals surface area contributed by atoms with Crippen molar-refractivity contribution in [2.75, 3.05) is 20.2 Å². The fourth-order valence-corrected chi connectivity index (χ4v) is 2.38. The van der Waals surface area contributed by atoms with E-state index >= 15 is 0 Å². The van der Waals surface area contributed by atoms with Crippen molar-refractivity contribution in [1.82, 2.24) is 10.2 Å². The number of benzene rings is 1. The molecule has 7 heteroatoms. The molecule has 0 aliphatic rings. The molecule has 2 amide bonds. The molecule has 0 spiro atoms. The Morgan fingerprint density at radius 1 is 1.21 bits per heavy atom. The van der Waals surface area contributed by atoms with Crippen molar-refractivity contribution in [3.8, 4) is 11.3 Å². The van der Waals surface area contributed by atoms with Crippen LogP contribution in [-0.2, 0) is 16.1 Å². The molecule has 1 N–H and O–H groups in total. The van der Waals surface area contributed by atoms with Crippen LogP contribution >= 0.6 is 15.9 Å². The van der Waals surface area contributed by atoms with Gasteiger partial charge in [-0.1, -0.05) is 28.1 Å². The quantitative estimate of drug-likeness (QED) is 0.812. The molecular formula is C17H19BrN2O4. The zero-order valence-electron chi connectivity index (χ0n) is 13.5. The van der Waals surface area contributed by atoms with Crippen molar-refractivity contribution in [2.24, 2.45) is 0 Å². The topological polar surface area (TPSA) is 71.8 Å². The molecule has 0 atom stereocenters. The first-order valence-electron chi connectivity index (χ1n) is 7.47. The number of nitrogens with zero attached hydrogens (tertiary/aromatic N) is 1. The first-order valence-corrected chi connectivity index (χ1v) is 8.27. The van der Waals surface area contributed by atoms with Gasteiger partial charge in [-0.25, -0.2) is 4.79 Å². The summed E-state index contributed by atoms with van der Waals surface area (Å²) in [5.74, 6) is 1.08. The Kier molecular flexibility index (Phi) is 6.57. The van der Waals surface area contributed by atoms with Gasteiger partial charge in [-0.2, -0.15) is 0 Å². The van der Waals surface area contributed by atoms with E-state index in [9.17, 15) is 9.59 Å². The van der Waals surface area contributed by atoms with Crippen molar-refractivity contribution in [3.63, 3.8) is 0 Å². The zero-order chi connectivity index (χ0) is 17.5. The van der Waals surface area contributed by atoms with Gasteiger partial charge in [0.05, 0.1) is 19.7 Å². The lowest BCUT2D eigenvalue weighted by Crippen LogP contribution is -2.38. The Balaban J connectivity index is 1.88. The Labute approximate surface area is 148 Å². The predicted molar refractivity (Wildman–Crippen MR) is 93.3 cm³/mol. The molecule has 0 fully saturated rings.